The summed E-state index contributed by atoms with van der Waals surface area (Å²) in [5.74, 6) is 0.701. The second-order valence-electron chi connectivity index (χ2n) is 7.73. The average molecular weight is 435 g/mol. The molecule has 0 spiro atoms. The number of aromatic nitrogens is 4. The van der Waals surface area contributed by atoms with Gasteiger partial charge in [-0.05, 0) is 43.5 Å². The van der Waals surface area contributed by atoms with E-state index in [1.807, 2.05) is 24.3 Å². The largest absolute Gasteiger partial charge is 0.323 e. The number of hydrogen-bond acceptors (Lipinski definition) is 6. The second-order valence-corrected chi connectivity index (χ2v) is 9.41. The molecule has 0 amide bonds. The van der Waals surface area contributed by atoms with Gasteiger partial charge in [0.2, 0.25) is 0 Å². The van der Waals surface area contributed by atoms with E-state index in [0.29, 0.717) is 16.9 Å². The van der Waals surface area contributed by atoms with Gasteiger partial charge in [-0.15, -0.1) is 0 Å². The first kappa shape index (κ1) is 19.5. The van der Waals surface area contributed by atoms with Crippen LogP contribution in [0.3, 0.4) is 0 Å². The van der Waals surface area contributed by atoms with E-state index in [2.05, 4.69) is 44.8 Å². The van der Waals surface area contributed by atoms with Crippen molar-refractivity contribution in [2.24, 2.45) is 7.05 Å². The first-order valence-electron chi connectivity index (χ1n) is 10.1. The number of anilines is 3. The van der Waals surface area contributed by atoms with Crippen LogP contribution in [0, 0.1) is 6.92 Å². The number of para-hydroxylation sites is 2. The summed E-state index contributed by atoms with van der Waals surface area (Å²) in [5, 5.41) is 3.98. The predicted molar refractivity (Wildman–Crippen MR) is 120 cm³/mol. The van der Waals surface area contributed by atoms with Gasteiger partial charge in [0.05, 0.1) is 17.2 Å². The molecular weight excluding hydrogens is 412 g/mol. The van der Waals surface area contributed by atoms with Crippen molar-refractivity contribution in [2.45, 2.75) is 24.7 Å². The Bertz CT molecular complexity index is 1400. The summed E-state index contributed by atoms with van der Waals surface area (Å²) in [4.78, 5) is 11.6. The highest BCUT2D eigenvalue weighted by atomic mass is 32.2. The Morgan fingerprint density at radius 1 is 1.06 bits per heavy atom. The van der Waals surface area contributed by atoms with Crippen molar-refractivity contribution < 1.29 is 8.42 Å². The molecule has 31 heavy (non-hydrogen) atoms. The molecule has 158 valence electrons. The van der Waals surface area contributed by atoms with E-state index in [4.69, 9.17) is 4.98 Å². The highest BCUT2D eigenvalue weighted by molar-refractivity contribution is 7.92. The number of hydrogen-bond donors (Lipinski definition) is 1. The molecule has 3 heterocycles. The van der Waals surface area contributed by atoms with Crippen LogP contribution >= 0.6 is 0 Å². The first-order valence-corrected chi connectivity index (χ1v) is 11.5. The third-order valence-electron chi connectivity index (χ3n) is 5.38. The molecule has 9 heteroatoms. The van der Waals surface area contributed by atoms with Crippen LogP contribution in [0.5, 0.6) is 0 Å². The van der Waals surface area contributed by atoms with Gasteiger partial charge in [0, 0.05) is 25.5 Å². The maximum absolute atomic E-state index is 13.0. The summed E-state index contributed by atoms with van der Waals surface area (Å²) in [6.45, 7) is 2.80. The third kappa shape index (κ3) is 3.61. The fourth-order valence-electron chi connectivity index (χ4n) is 3.92. The number of sulfonamides is 1. The van der Waals surface area contributed by atoms with E-state index in [1.165, 1.54) is 28.2 Å². The molecule has 0 aliphatic carbocycles. The van der Waals surface area contributed by atoms with Crippen LogP contribution in [-0.2, 0) is 23.5 Å². The van der Waals surface area contributed by atoms with Crippen molar-refractivity contribution >= 4 is 38.4 Å². The van der Waals surface area contributed by atoms with Gasteiger partial charge >= 0.3 is 0 Å². The zero-order valence-electron chi connectivity index (χ0n) is 17.3. The number of nitrogens with zero attached hydrogens (tertiary/aromatic N) is 5. The molecule has 4 aromatic rings. The zero-order chi connectivity index (χ0) is 21.6. The molecule has 2 aromatic carbocycles. The topological polar surface area (TPSA) is 93.0 Å². The summed E-state index contributed by atoms with van der Waals surface area (Å²) in [6, 6.07) is 13.8. The maximum Gasteiger partial charge on any atom is 0.266 e. The number of aryl methyl sites for hydroxylation is 3. The van der Waals surface area contributed by atoms with Crippen LogP contribution in [0.2, 0.25) is 0 Å². The summed E-state index contributed by atoms with van der Waals surface area (Å²) >= 11 is 0. The summed E-state index contributed by atoms with van der Waals surface area (Å²) in [7, 11) is -2.20. The van der Waals surface area contributed by atoms with Gasteiger partial charge in [0.1, 0.15) is 4.90 Å². The monoisotopic (exact) mass is 434 g/mol. The van der Waals surface area contributed by atoms with E-state index in [9.17, 15) is 8.42 Å². The lowest BCUT2D eigenvalue weighted by molar-refractivity contribution is 0.601. The molecule has 0 bridgehead atoms. The van der Waals surface area contributed by atoms with Crippen LogP contribution in [0.1, 0.15) is 17.5 Å². The van der Waals surface area contributed by atoms with Gasteiger partial charge in [0.15, 0.2) is 11.6 Å². The van der Waals surface area contributed by atoms with E-state index in [-0.39, 0.29) is 10.7 Å². The van der Waals surface area contributed by atoms with Gasteiger partial charge in [-0.2, -0.15) is 5.10 Å². The molecule has 0 fully saturated rings. The second kappa shape index (κ2) is 7.35. The molecule has 0 atom stereocenters. The van der Waals surface area contributed by atoms with Crippen molar-refractivity contribution in [1.82, 2.24) is 19.7 Å². The highest BCUT2D eigenvalue weighted by Crippen LogP contribution is 2.37. The Morgan fingerprint density at radius 3 is 2.58 bits per heavy atom. The van der Waals surface area contributed by atoms with Crippen molar-refractivity contribution in [3.63, 3.8) is 0 Å². The minimum Gasteiger partial charge on any atom is -0.323 e. The molecule has 8 nitrogen and oxygen atoms in total. The van der Waals surface area contributed by atoms with Crippen molar-refractivity contribution in [3.05, 3.63) is 66.0 Å². The van der Waals surface area contributed by atoms with Gasteiger partial charge in [-0.3, -0.25) is 9.40 Å². The maximum atomic E-state index is 13.0. The average Bonchev–Trinajstić information content (AvgIpc) is 3.20. The Morgan fingerprint density at radius 2 is 1.84 bits per heavy atom. The fourth-order valence-corrected chi connectivity index (χ4v) is 4.90. The molecule has 1 aliphatic rings. The van der Waals surface area contributed by atoms with Gasteiger partial charge in [-0.25, -0.2) is 18.4 Å². The molecule has 2 aromatic heterocycles. The Kier molecular flexibility index (Phi) is 4.62. The molecule has 5 rings (SSSR count). The van der Waals surface area contributed by atoms with E-state index >= 15 is 0 Å². The summed E-state index contributed by atoms with van der Waals surface area (Å²) in [6.07, 6.45) is 4.69. The molecule has 0 radical (unpaired) electrons. The highest BCUT2D eigenvalue weighted by Gasteiger charge is 2.26. The van der Waals surface area contributed by atoms with Crippen LogP contribution in [0.4, 0.5) is 17.3 Å². The van der Waals surface area contributed by atoms with Crippen LogP contribution in [0.15, 0.2) is 59.8 Å². The predicted octanol–water partition coefficient (Wildman–Crippen LogP) is 3.56. The molecule has 0 unspecified atom stereocenters. The molecule has 1 aliphatic heterocycles. The van der Waals surface area contributed by atoms with Crippen LogP contribution in [-0.4, -0.2) is 34.7 Å². The Balaban J connectivity index is 1.66. The van der Waals surface area contributed by atoms with Crippen molar-refractivity contribution in [2.75, 3.05) is 16.2 Å². The van der Waals surface area contributed by atoms with Gasteiger partial charge < -0.3 is 4.90 Å². The normalized spacial score (nSPS) is 13.9. The molecular formula is C22H22N6O2S. The SMILES string of the molecule is Cc1ccc2c(c1)CCCN2c1nc2ccccc2nc1NS(=O)(=O)c1cnn(C)c1. The summed E-state index contributed by atoms with van der Waals surface area (Å²) < 4.78 is 30.2. The molecule has 1 N–H and O–H groups in total. The van der Waals surface area contributed by atoms with E-state index in [0.717, 1.165) is 25.1 Å². The standard InChI is InChI=1S/C22H22N6O2S/c1-15-9-10-20-16(12-15)6-5-11-28(20)22-21(24-18-7-3-4-8-19(18)25-22)26-31(29,30)17-13-23-27(2)14-17/h3-4,7-10,12-14H,5-6,11H2,1-2H3,(H,24,26). The zero-order valence-corrected chi connectivity index (χ0v) is 18.1. The summed E-state index contributed by atoms with van der Waals surface area (Å²) in [5.41, 5.74) is 4.78. The van der Waals surface area contributed by atoms with Crippen molar-refractivity contribution in [1.29, 1.82) is 0 Å². The van der Waals surface area contributed by atoms with E-state index < -0.39 is 10.0 Å². The van der Waals surface area contributed by atoms with Crippen LogP contribution < -0.4 is 9.62 Å². The lowest BCUT2D eigenvalue weighted by Crippen LogP contribution is -2.27. The lowest BCUT2D eigenvalue weighted by atomic mass is 9.99. The number of rotatable bonds is 4. The lowest BCUT2D eigenvalue weighted by Gasteiger charge is -2.31. The smallest absolute Gasteiger partial charge is 0.266 e. The van der Waals surface area contributed by atoms with Gasteiger partial charge in [0.25, 0.3) is 10.0 Å². The molecule has 0 saturated heterocycles. The Hall–Kier alpha value is -3.46. The molecule has 0 saturated carbocycles. The van der Waals surface area contributed by atoms with Crippen LogP contribution in [0.25, 0.3) is 11.0 Å². The Labute approximate surface area is 180 Å². The van der Waals surface area contributed by atoms with E-state index in [1.54, 1.807) is 7.05 Å². The third-order valence-corrected chi connectivity index (χ3v) is 6.68. The number of nitrogens with one attached hydrogen (secondary N) is 1. The van der Waals surface area contributed by atoms with Gasteiger partial charge in [-0.1, -0.05) is 29.8 Å². The first-order chi connectivity index (χ1) is 14.9. The quantitative estimate of drug-likeness (QED) is 0.528. The fraction of sp³-hybridized carbons (Fsp3) is 0.227. The minimum atomic E-state index is -3.87. The van der Waals surface area contributed by atoms with Crippen molar-refractivity contribution in [3.8, 4) is 0 Å². The minimum absolute atomic E-state index is 0.0746. The number of fused-ring (bicyclic) bond motifs is 2. The number of benzene rings is 2.